The van der Waals surface area contributed by atoms with Crippen LogP contribution in [0.3, 0.4) is 0 Å². The molecule has 1 aromatic carbocycles. The lowest BCUT2D eigenvalue weighted by molar-refractivity contribution is -0.150. The van der Waals surface area contributed by atoms with Gasteiger partial charge in [-0.15, -0.1) is 0 Å². The number of benzene rings is 1. The number of aliphatic carboxylic acids is 1. The molecule has 0 aliphatic heterocycles. The molecule has 0 aromatic heterocycles. The summed E-state index contributed by atoms with van der Waals surface area (Å²) in [6, 6.07) is 7.46. The Morgan fingerprint density at radius 2 is 1.95 bits per heavy atom. The normalized spacial score (nSPS) is 22.2. The molecule has 1 aromatic rings. The number of carbonyl (C=O) groups excluding carboxylic acids is 1. The molecule has 2 atom stereocenters. The minimum Gasteiger partial charge on any atom is -0.480 e. The quantitative estimate of drug-likeness (QED) is 0.926. The molecule has 2 aliphatic rings. The summed E-state index contributed by atoms with van der Waals surface area (Å²) in [6.45, 7) is 1.62. The van der Waals surface area contributed by atoms with E-state index in [1.807, 2.05) is 18.2 Å². The number of carbonyl (C=O) groups is 2. The first-order valence-electron chi connectivity index (χ1n) is 7.72. The Balaban J connectivity index is 1.89. The summed E-state index contributed by atoms with van der Waals surface area (Å²) in [5.41, 5.74) is 2.33. The largest absolute Gasteiger partial charge is 0.480 e. The second-order valence-corrected chi connectivity index (χ2v) is 6.13. The Labute approximate surface area is 124 Å². The standard InChI is InChI=1S/C17H21NO3/c1-11(17(20)21)18(13-9-10-13)16(19)15-8-4-6-12-5-2-3-7-14(12)15/h2-3,5,7,11,13,15H,4,6,8-10H2,1H3,(H,20,21). The highest BCUT2D eigenvalue weighted by atomic mass is 16.4. The second kappa shape index (κ2) is 5.51. The van der Waals surface area contributed by atoms with Gasteiger partial charge in [0, 0.05) is 6.04 Å². The minimum atomic E-state index is -0.917. The zero-order valence-electron chi connectivity index (χ0n) is 12.3. The number of rotatable bonds is 4. The van der Waals surface area contributed by atoms with E-state index in [4.69, 9.17) is 0 Å². The zero-order valence-corrected chi connectivity index (χ0v) is 12.3. The topological polar surface area (TPSA) is 57.6 Å². The number of aryl methyl sites for hydroxylation is 1. The second-order valence-electron chi connectivity index (χ2n) is 6.13. The van der Waals surface area contributed by atoms with Crippen molar-refractivity contribution < 1.29 is 14.7 Å². The molecule has 1 saturated carbocycles. The fraction of sp³-hybridized carbons (Fsp3) is 0.529. The van der Waals surface area contributed by atoms with Gasteiger partial charge in [-0.05, 0) is 50.2 Å². The van der Waals surface area contributed by atoms with Crippen LogP contribution < -0.4 is 0 Å². The van der Waals surface area contributed by atoms with Gasteiger partial charge >= 0.3 is 5.97 Å². The van der Waals surface area contributed by atoms with E-state index in [0.29, 0.717) is 0 Å². The average molecular weight is 287 g/mol. The lowest BCUT2D eigenvalue weighted by Gasteiger charge is -2.33. The molecule has 1 N–H and O–H groups in total. The van der Waals surface area contributed by atoms with Crippen LogP contribution >= 0.6 is 0 Å². The number of hydrogen-bond acceptors (Lipinski definition) is 2. The Morgan fingerprint density at radius 3 is 2.62 bits per heavy atom. The lowest BCUT2D eigenvalue weighted by atomic mass is 9.82. The first-order chi connectivity index (χ1) is 10.1. The van der Waals surface area contributed by atoms with Crippen LogP contribution in [0.5, 0.6) is 0 Å². The van der Waals surface area contributed by atoms with Gasteiger partial charge < -0.3 is 10.0 Å². The Morgan fingerprint density at radius 1 is 1.24 bits per heavy atom. The molecule has 2 unspecified atom stereocenters. The van der Waals surface area contributed by atoms with Crippen LogP contribution in [-0.4, -0.2) is 34.0 Å². The highest BCUT2D eigenvalue weighted by Gasteiger charge is 2.41. The predicted octanol–water partition coefficient (Wildman–Crippen LogP) is 2.57. The van der Waals surface area contributed by atoms with Crippen molar-refractivity contribution in [2.24, 2.45) is 0 Å². The van der Waals surface area contributed by atoms with Crippen LogP contribution in [0.15, 0.2) is 24.3 Å². The van der Waals surface area contributed by atoms with E-state index in [2.05, 4.69) is 6.07 Å². The van der Waals surface area contributed by atoms with Gasteiger partial charge in [0.25, 0.3) is 0 Å². The van der Waals surface area contributed by atoms with Gasteiger partial charge in [-0.2, -0.15) is 0 Å². The molecule has 0 radical (unpaired) electrons. The molecular weight excluding hydrogens is 266 g/mol. The summed E-state index contributed by atoms with van der Waals surface area (Å²) in [5.74, 6) is -1.09. The molecule has 0 saturated heterocycles. The number of carboxylic acid groups (broad SMARTS) is 1. The van der Waals surface area contributed by atoms with Crippen molar-refractivity contribution in [1.29, 1.82) is 0 Å². The monoisotopic (exact) mass is 287 g/mol. The summed E-state index contributed by atoms with van der Waals surface area (Å²) < 4.78 is 0. The van der Waals surface area contributed by atoms with Gasteiger partial charge in [0.1, 0.15) is 6.04 Å². The van der Waals surface area contributed by atoms with Crippen molar-refractivity contribution in [3.63, 3.8) is 0 Å². The number of hydrogen-bond donors (Lipinski definition) is 1. The van der Waals surface area contributed by atoms with Crippen LogP contribution in [0.25, 0.3) is 0 Å². The Hall–Kier alpha value is -1.84. The smallest absolute Gasteiger partial charge is 0.326 e. The maximum atomic E-state index is 13.0. The zero-order chi connectivity index (χ0) is 15.0. The number of nitrogens with zero attached hydrogens (tertiary/aromatic N) is 1. The molecule has 21 heavy (non-hydrogen) atoms. The lowest BCUT2D eigenvalue weighted by Crippen LogP contribution is -2.47. The molecule has 0 heterocycles. The minimum absolute atomic E-state index is 0.000417. The van der Waals surface area contributed by atoms with Gasteiger partial charge in [0.2, 0.25) is 5.91 Å². The van der Waals surface area contributed by atoms with E-state index < -0.39 is 12.0 Å². The van der Waals surface area contributed by atoms with Crippen LogP contribution in [0.4, 0.5) is 0 Å². The number of carboxylic acids is 1. The number of amides is 1. The Bertz CT molecular complexity index is 565. The van der Waals surface area contributed by atoms with Crippen molar-refractivity contribution in [2.75, 3.05) is 0 Å². The first-order valence-corrected chi connectivity index (χ1v) is 7.72. The third-order valence-corrected chi connectivity index (χ3v) is 4.64. The van der Waals surface area contributed by atoms with Crippen LogP contribution in [0, 0.1) is 0 Å². The van der Waals surface area contributed by atoms with E-state index >= 15 is 0 Å². The molecule has 0 bridgehead atoms. The molecule has 0 spiro atoms. The van der Waals surface area contributed by atoms with Gasteiger partial charge in [-0.3, -0.25) is 4.79 Å². The summed E-state index contributed by atoms with van der Waals surface area (Å²) in [5, 5.41) is 9.28. The summed E-state index contributed by atoms with van der Waals surface area (Å²) >= 11 is 0. The molecular formula is C17H21NO3. The van der Waals surface area contributed by atoms with Gasteiger partial charge in [0.15, 0.2) is 0 Å². The highest BCUT2D eigenvalue weighted by Crippen LogP contribution is 2.37. The van der Waals surface area contributed by atoms with Crippen LogP contribution in [0.1, 0.15) is 49.7 Å². The third kappa shape index (κ3) is 2.67. The van der Waals surface area contributed by atoms with Crippen molar-refractivity contribution >= 4 is 11.9 Å². The summed E-state index contributed by atoms with van der Waals surface area (Å²) in [4.78, 5) is 25.9. The fourth-order valence-corrected chi connectivity index (χ4v) is 3.35. The van der Waals surface area contributed by atoms with Gasteiger partial charge in [-0.1, -0.05) is 24.3 Å². The van der Waals surface area contributed by atoms with E-state index in [1.54, 1.807) is 11.8 Å². The third-order valence-electron chi connectivity index (χ3n) is 4.64. The van der Waals surface area contributed by atoms with Gasteiger partial charge in [0.05, 0.1) is 5.92 Å². The molecule has 1 amide bonds. The molecule has 4 heteroatoms. The van der Waals surface area contributed by atoms with E-state index in [0.717, 1.165) is 37.7 Å². The van der Waals surface area contributed by atoms with E-state index in [1.165, 1.54) is 5.56 Å². The van der Waals surface area contributed by atoms with E-state index in [-0.39, 0.29) is 17.9 Å². The average Bonchev–Trinajstić information content (AvgIpc) is 3.31. The van der Waals surface area contributed by atoms with Crippen LogP contribution in [0.2, 0.25) is 0 Å². The first kappa shape index (κ1) is 14.1. The van der Waals surface area contributed by atoms with E-state index in [9.17, 15) is 14.7 Å². The Kier molecular flexibility index (Phi) is 3.70. The molecule has 2 aliphatic carbocycles. The van der Waals surface area contributed by atoms with Crippen LogP contribution in [-0.2, 0) is 16.0 Å². The fourth-order valence-electron chi connectivity index (χ4n) is 3.35. The number of fused-ring (bicyclic) bond motifs is 1. The maximum Gasteiger partial charge on any atom is 0.326 e. The van der Waals surface area contributed by atoms with Crippen molar-refractivity contribution in [2.45, 2.75) is 57.0 Å². The van der Waals surface area contributed by atoms with Crippen molar-refractivity contribution in [1.82, 2.24) is 4.90 Å². The summed E-state index contributed by atoms with van der Waals surface area (Å²) in [6.07, 6.45) is 4.69. The van der Waals surface area contributed by atoms with Gasteiger partial charge in [-0.25, -0.2) is 4.79 Å². The van der Waals surface area contributed by atoms with Crippen molar-refractivity contribution in [3.05, 3.63) is 35.4 Å². The predicted molar refractivity (Wildman–Crippen MR) is 79.1 cm³/mol. The SMILES string of the molecule is CC(C(=O)O)N(C(=O)C1CCCc2ccccc21)C1CC1. The molecule has 1 fully saturated rings. The highest BCUT2D eigenvalue weighted by molar-refractivity contribution is 5.89. The molecule has 112 valence electrons. The van der Waals surface area contributed by atoms with Crippen molar-refractivity contribution in [3.8, 4) is 0 Å². The summed E-state index contributed by atoms with van der Waals surface area (Å²) in [7, 11) is 0. The molecule has 3 rings (SSSR count). The molecule has 4 nitrogen and oxygen atoms in total. The maximum absolute atomic E-state index is 13.0.